The Bertz CT molecular complexity index is 560. The van der Waals surface area contributed by atoms with Crippen LogP contribution in [0.3, 0.4) is 0 Å². The lowest BCUT2D eigenvalue weighted by Crippen LogP contribution is -2.53. The van der Waals surface area contributed by atoms with Gasteiger partial charge in [-0.2, -0.15) is 13.2 Å². The van der Waals surface area contributed by atoms with Gasteiger partial charge < -0.3 is 10.6 Å². The van der Waals surface area contributed by atoms with Gasteiger partial charge in [-0.05, 0) is 19.4 Å². The standard InChI is InChI=1S/C13H14F3N3O2/c1-7-10(2-3-11(20)18-7)19-12(21)8-4-9(6-17-5-8)13(14,15)16/h4-7,10H,2-3H2,1H3,(H,18,20)(H,19,21). The highest BCUT2D eigenvalue weighted by Gasteiger charge is 2.32. The molecule has 8 heteroatoms. The third kappa shape index (κ3) is 3.71. The number of hydrogen-bond donors (Lipinski definition) is 2. The van der Waals surface area contributed by atoms with Crippen LogP contribution in [-0.2, 0) is 11.0 Å². The Morgan fingerprint density at radius 2 is 2.14 bits per heavy atom. The summed E-state index contributed by atoms with van der Waals surface area (Å²) in [5.41, 5.74) is -1.13. The monoisotopic (exact) mass is 301 g/mol. The molecule has 1 aromatic rings. The largest absolute Gasteiger partial charge is 0.417 e. The summed E-state index contributed by atoms with van der Waals surface area (Å²) in [6.45, 7) is 1.73. The fraction of sp³-hybridized carbons (Fsp3) is 0.462. The summed E-state index contributed by atoms with van der Waals surface area (Å²) in [7, 11) is 0. The predicted molar refractivity (Wildman–Crippen MR) is 67.3 cm³/mol. The molecule has 2 unspecified atom stereocenters. The number of rotatable bonds is 2. The molecule has 2 rings (SSSR count). The molecule has 1 aromatic heterocycles. The van der Waals surface area contributed by atoms with E-state index in [2.05, 4.69) is 15.6 Å². The number of piperidine rings is 1. The molecule has 2 atom stereocenters. The van der Waals surface area contributed by atoms with Gasteiger partial charge in [0.25, 0.3) is 5.91 Å². The lowest BCUT2D eigenvalue weighted by Gasteiger charge is -2.30. The van der Waals surface area contributed by atoms with Gasteiger partial charge in [-0.1, -0.05) is 0 Å². The third-order valence-electron chi connectivity index (χ3n) is 3.32. The first kappa shape index (κ1) is 15.3. The minimum absolute atomic E-state index is 0.103. The van der Waals surface area contributed by atoms with Crippen LogP contribution in [0.4, 0.5) is 13.2 Å². The van der Waals surface area contributed by atoms with Crippen LogP contribution in [0.25, 0.3) is 0 Å². The zero-order valence-electron chi connectivity index (χ0n) is 11.2. The van der Waals surface area contributed by atoms with E-state index in [0.29, 0.717) is 12.6 Å². The maximum atomic E-state index is 12.6. The van der Waals surface area contributed by atoms with Crippen molar-refractivity contribution in [1.82, 2.24) is 15.6 Å². The smallest absolute Gasteiger partial charge is 0.352 e. The highest BCUT2D eigenvalue weighted by Crippen LogP contribution is 2.28. The quantitative estimate of drug-likeness (QED) is 0.869. The van der Waals surface area contributed by atoms with Crippen molar-refractivity contribution < 1.29 is 22.8 Å². The van der Waals surface area contributed by atoms with Crippen LogP contribution in [0.5, 0.6) is 0 Å². The minimum atomic E-state index is -4.55. The lowest BCUT2D eigenvalue weighted by molar-refractivity contribution is -0.137. The molecule has 1 aliphatic heterocycles. The van der Waals surface area contributed by atoms with E-state index in [9.17, 15) is 22.8 Å². The molecule has 5 nitrogen and oxygen atoms in total. The molecular formula is C13H14F3N3O2. The second-order valence-electron chi connectivity index (χ2n) is 4.93. The van der Waals surface area contributed by atoms with E-state index in [-0.39, 0.29) is 30.0 Å². The highest BCUT2D eigenvalue weighted by atomic mass is 19.4. The van der Waals surface area contributed by atoms with Gasteiger partial charge in [-0.15, -0.1) is 0 Å². The molecule has 2 heterocycles. The average Bonchev–Trinajstić information content (AvgIpc) is 2.41. The Kier molecular flexibility index (Phi) is 4.15. The first-order chi connectivity index (χ1) is 9.77. The molecule has 0 aliphatic carbocycles. The van der Waals surface area contributed by atoms with Crippen LogP contribution < -0.4 is 10.6 Å². The zero-order chi connectivity index (χ0) is 15.6. The highest BCUT2D eigenvalue weighted by molar-refractivity contribution is 5.94. The first-order valence-corrected chi connectivity index (χ1v) is 6.40. The molecular weight excluding hydrogens is 287 g/mol. The number of pyridine rings is 1. The normalized spacial score (nSPS) is 22.6. The molecule has 0 aromatic carbocycles. The summed E-state index contributed by atoms with van der Waals surface area (Å²) in [5.74, 6) is -0.740. The maximum Gasteiger partial charge on any atom is 0.417 e. The van der Waals surface area contributed by atoms with Gasteiger partial charge in [0.1, 0.15) is 0 Å². The van der Waals surface area contributed by atoms with E-state index in [4.69, 9.17) is 0 Å². The molecule has 114 valence electrons. The van der Waals surface area contributed by atoms with Crippen molar-refractivity contribution in [3.8, 4) is 0 Å². The second kappa shape index (κ2) is 5.71. The molecule has 0 radical (unpaired) electrons. The van der Waals surface area contributed by atoms with Gasteiger partial charge in [0.05, 0.1) is 11.1 Å². The van der Waals surface area contributed by atoms with Crippen molar-refractivity contribution in [3.63, 3.8) is 0 Å². The number of aromatic nitrogens is 1. The van der Waals surface area contributed by atoms with Crippen molar-refractivity contribution in [3.05, 3.63) is 29.6 Å². The van der Waals surface area contributed by atoms with Gasteiger partial charge >= 0.3 is 6.18 Å². The topological polar surface area (TPSA) is 71.1 Å². The van der Waals surface area contributed by atoms with E-state index in [0.717, 1.165) is 12.3 Å². The Labute approximate surface area is 118 Å². The number of nitrogens with zero attached hydrogens (tertiary/aromatic N) is 1. The number of alkyl halides is 3. The van der Waals surface area contributed by atoms with Crippen LogP contribution in [0, 0.1) is 0 Å². The minimum Gasteiger partial charge on any atom is -0.352 e. The van der Waals surface area contributed by atoms with Crippen molar-refractivity contribution in [2.45, 2.75) is 38.0 Å². The average molecular weight is 301 g/mol. The number of halogens is 3. The van der Waals surface area contributed by atoms with E-state index in [1.165, 1.54) is 0 Å². The first-order valence-electron chi connectivity index (χ1n) is 6.40. The summed E-state index contributed by atoms with van der Waals surface area (Å²) in [4.78, 5) is 26.6. The van der Waals surface area contributed by atoms with Gasteiger partial charge in [-0.3, -0.25) is 14.6 Å². The number of carbonyl (C=O) groups is 2. The van der Waals surface area contributed by atoms with Gasteiger partial charge in [-0.25, -0.2) is 0 Å². The fourth-order valence-corrected chi connectivity index (χ4v) is 2.13. The molecule has 2 amide bonds. The van der Waals surface area contributed by atoms with Crippen molar-refractivity contribution in [2.75, 3.05) is 0 Å². The summed E-state index contributed by atoms with van der Waals surface area (Å²) < 4.78 is 37.7. The van der Waals surface area contributed by atoms with Crippen molar-refractivity contribution >= 4 is 11.8 Å². The van der Waals surface area contributed by atoms with Crippen LogP contribution in [0.2, 0.25) is 0 Å². The Morgan fingerprint density at radius 1 is 1.43 bits per heavy atom. The lowest BCUT2D eigenvalue weighted by atomic mass is 9.99. The van der Waals surface area contributed by atoms with Crippen LogP contribution in [-0.4, -0.2) is 28.9 Å². The predicted octanol–water partition coefficient (Wildman–Crippen LogP) is 1.50. The fourth-order valence-electron chi connectivity index (χ4n) is 2.13. The Hall–Kier alpha value is -2.12. The number of carbonyl (C=O) groups excluding carboxylic acids is 2. The number of amides is 2. The van der Waals surface area contributed by atoms with Crippen molar-refractivity contribution in [1.29, 1.82) is 0 Å². The van der Waals surface area contributed by atoms with Gasteiger partial charge in [0, 0.05) is 30.9 Å². The summed E-state index contributed by atoms with van der Waals surface area (Å²) in [6, 6.07) is 0.174. The maximum absolute atomic E-state index is 12.6. The molecule has 1 aliphatic rings. The number of nitrogens with one attached hydrogen (secondary N) is 2. The van der Waals surface area contributed by atoms with Gasteiger partial charge in [0.2, 0.25) is 5.91 Å². The van der Waals surface area contributed by atoms with Gasteiger partial charge in [0.15, 0.2) is 0 Å². The molecule has 0 saturated carbocycles. The van der Waals surface area contributed by atoms with Crippen LogP contribution in [0.15, 0.2) is 18.5 Å². The Balaban J connectivity index is 2.09. The van der Waals surface area contributed by atoms with Crippen LogP contribution >= 0.6 is 0 Å². The zero-order valence-corrected chi connectivity index (χ0v) is 11.2. The summed E-state index contributed by atoms with van der Waals surface area (Å²) >= 11 is 0. The van der Waals surface area contributed by atoms with E-state index >= 15 is 0 Å². The molecule has 0 spiro atoms. The second-order valence-corrected chi connectivity index (χ2v) is 4.93. The molecule has 2 N–H and O–H groups in total. The summed E-state index contributed by atoms with van der Waals surface area (Å²) in [5, 5.41) is 5.30. The van der Waals surface area contributed by atoms with E-state index in [1.807, 2.05) is 0 Å². The molecule has 21 heavy (non-hydrogen) atoms. The van der Waals surface area contributed by atoms with Crippen LogP contribution in [0.1, 0.15) is 35.7 Å². The van der Waals surface area contributed by atoms with E-state index in [1.54, 1.807) is 6.92 Å². The third-order valence-corrected chi connectivity index (χ3v) is 3.32. The SMILES string of the molecule is CC1NC(=O)CCC1NC(=O)c1cncc(C(F)(F)F)c1. The van der Waals surface area contributed by atoms with E-state index < -0.39 is 17.6 Å². The summed E-state index contributed by atoms with van der Waals surface area (Å²) in [6.07, 6.45) is -2.08. The number of hydrogen-bond acceptors (Lipinski definition) is 3. The van der Waals surface area contributed by atoms with Crippen molar-refractivity contribution in [2.24, 2.45) is 0 Å². The molecule has 1 fully saturated rings. The molecule has 1 saturated heterocycles. The molecule has 0 bridgehead atoms. The Morgan fingerprint density at radius 3 is 2.76 bits per heavy atom.